The van der Waals surface area contributed by atoms with Crippen molar-refractivity contribution in [3.8, 4) is 29.1 Å². The van der Waals surface area contributed by atoms with Crippen LogP contribution in [-0.2, 0) is 38.1 Å². The summed E-state index contributed by atoms with van der Waals surface area (Å²) in [5.74, 6) is -1.62. The summed E-state index contributed by atoms with van der Waals surface area (Å²) in [7, 11) is 0. The van der Waals surface area contributed by atoms with Gasteiger partial charge in [-0.2, -0.15) is 10.4 Å². The first-order valence-electron chi connectivity index (χ1n) is 29.1. The van der Waals surface area contributed by atoms with Gasteiger partial charge >= 0.3 is 35.8 Å². The summed E-state index contributed by atoms with van der Waals surface area (Å²) >= 11 is 1.47. The van der Waals surface area contributed by atoms with Gasteiger partial charge in [0.05, 0.1) is 71.9 Å². The van der Waals surface area contributed by atoms with Gasteiger partial charge in [0.2, 0.25) is 5.13 Å². The summed E-state index contributed by atoms with van der Waals surface area (Å²) in [6, 6.07) is 28.4. The number of ether oxygens (including phenoxy) is 8. The molecule has 4 aromatic carbocycles. The molecular weight excluding hydrogens is 1090 g/mol. The number of benzene rings is 4. The third kappa shape index (κ3) is 20.8. The number of carbonyl (C=O) groups is 6. The van der Waals surface area contributed by atoms with Crippen molar-refractivity contribution < 1.29 is 66.7 Å². The van der Waals surface area contributed by atoms with Crippen LogP contribution in [0.1, 0.15) is 148 Å². The van der Waals surface area contributed by atoms with E-state index < -0.39 is 41.9 Å². The molecule has 1 aromatic heterocycles. The van der Waals surface area contributed by atoms with Gasteiger partial charge in [0.1, 0.15) is 35.2 Å². The van der Waals surface area contributed by atoms with Crippen LogP contribution in [0.15, 0.2) is 121 Å². The van der Waals surface area contributed by atoms with Crippen molar-refractivity contribution in [1.82, 2.24) is 4.98 Å². The van der Waals surface area contributed by atoms with E-state index >= 15 is 0 Å². The predicted molar refractivity (Wildman–Crippen MR) is 317 cm³/mol. The number of hydrogen-bond acceptors (Lipinski definition) is 19. The van der Waals surface area contributed by atoms with Gasteiger partial charge in [0.25, 0.3) is 0 Å². The summed E-state index contributed by atoms with van der Waals surface area (Å²) in [4.78, 5) is 81.4. The minimum absolute atomic E-state index is 0.198. The van der Waals surface area contributed by atoms with E-state index in [4.69, 9.17) is 48.0 Å². The van der Waals surface area contributed by atoms with Crippen LogP contribution in [0.3, 0.4) is 0 Å². The lowest BCUT2D eigenvalue weighted by Gasteiger charge is -2.27. The monoisotopic (exact) mass is 1170 g/mol. The molecule has 0 atom stereocenters. The van der Waals surface area contributed by atoms with Crippen molar-refractivity contribution in [3.05, 3.63) is 133 Å². The van der Waals surface area contributed by atoms with Crippen LogP contribution in [0, 0.1) is 23.2 Å². The van der Waals surface area contributed by atoms with Gasteiger partial charge in [-0.15, -0.1) is 0 Å². The number of nitriles is 1. The highest BCUT2D eigenvalue weighted by Crippen LogP contribution is 2.33. The Labute approximate surface area is 494 Å². The summed E-state index contributed by atoms with van der Waals surface area (Å²) in [5.41, 5.74) is 1.75. The second kappa shape index (κ2) is 34.3. The van der Waals surface area contributed by atoms with Crippen LogP contribution in [0.2, 0.25) is 0 Å². The number of esters is 6. The number of hydrogen-bond donors (Lipinski definition) is 0. The quantitative estimate of drug-likeness (QED) is 0.00723. The first-order valence-corrected chi connectivity index (χ1v) is 29.9. The second-order valence-electron chi connectivity index (χ2n) is 20.6. The van der Waals surface area contributed by atoms with Gasteiger partial charge in [-0.05, 0) is 194 Å². The lowest BCUT2D eigenvalue weighted by Crippen LogP contribution is -2.30. The molecule has 2 fully saturated rings. The van der Waals surface area contributed by atoms with E-state index in [0.717, 1.165) is 73.7 Å². The number of rotatable bonds is 33. The molecule has 84 heavy (non-hydrogen) atoms. The van der Waals surface area contributed by atoms with Crippen LogP contribution < -0.4 is 24.0 Å². The number of nitrogens with zero attached hydrogens (tertiary/aromatic N) is 4. The molecule has 0 unspecified atom stereocenters. The van der Waals surface area contributed by atoms with Gasteiger partial charge in [-0.1, -0.05) is 36.6 Å². The normalized spacial score (nSPS) is 16.6. The molecule has 0 radical (unpaired) electrons. The number of carbonyl (C=O) groups excluding carboxylic acids is 6. The molecule has 2 saturated carbocycles. The zero-order valence-corrected chi connectivity index (χ0v) is 48.3. The molecule has 2 aliphatic rings. The number of thiazole rings is 1. The Hall–Kier alpha value is -8.37. The summed E-state index contributed by atoms with van der Waals surface area (Å²) < 4.78 is 46.3. The predicted octanol–water partition coefficient (Wildman–Crippen LogP) is 12.8. The fraction of sp³-hybridized carbons (Fsp3) is 0.431. The van der Waals surface area contributed by atoms with E-state index in [9.17, 15) is 34.0 Å². The topological polar surface area (TPSA) is 229 Å². The Morgan fingerprint density at radius 1 is 0.595 bits per heavy atom. The molecule has 1 heterocycles. The number of para-hydroxylation sites is 1. The molecule has 18 nitrogen and oxygen atoms in total. The molecule has 0 N–H and O–H groups in total. The van der Waals surface area contributed by atoms with E-state index in [1.807, 2.05) is 24.3 Å². The number of fused-ring (bicyclic) bond motifs is 1. The molecule has 7 rings (SSSR count). The molecule has 0 spiro atoms. The van der Waals surface area contributed by atoms with Gasteiger partial charge in [-0.25, -0.2) is 29.2 Å². The minimum atomic E-state index is -0.600. The Morgan fingerprint density at radius 3 is 1.67 bits per heavy atom. The van der Waals surface area contributed by atoms with Crippen molar-refractivity contribution in [1.29, 1.82) is 5.26 Å². The van der Waals surface area contributed by atoms with Crippen LogP contribution in [0.25, 0.3) is 10.2 Å². The van der Waals surface area contributed by atoms with Crippen molar-refractivity contribution in [2.75, 3.05) is 38.0 Å². The van der Waals surface area contributed by atoms with E-state index in [0.29, 0.717) is 137 Å². The van der Waals surface area contributed by atoms with Gasteiger partial charge in [0, 0.05) is 30.7 Å². The number of aromatic nitrogens is 1. The molecule has 0 amide bonds. The highest BCUT2D eigenvalue weighted by Gasteiger charge is 2.32. The minimum Gasteiger partial charge on any atom is -0.494 e. The van der Waals surface area contributed by atoms with E-state index in [1.54, 1.807) is 71.7 Å². The van der Waals surface area contributed by atoms with Gasteiger partial charge in [-0.3, -0.25) is 9.59 Å². The Balaban J connectivity index is 0.911. The molecule has 2 aliphatic carbocycles. The summed E-state index contributed by atoms with van der Waals surface area (Å²) in [5, 5.41) is 16.4. The van der Waals surface area contributed by atoms with Crippen molar-refractivity contribution in [3.63, 3.8) is 0 Å². The first kappa shape index (κ1) is 63.2. The van der Waals surface area contributed by atoms with E-state index in [2.05, 4.69) is 19.2 Å². The Kier molecular flexibility index (Phi) is 25.8. The van der Waals surface area contributed by atoms with Gasteiger partial charge in [0.15, 0.2) is 0 Å². The van der Waals surface area contributed by atoms with Crippen molar-refractivity contribution in [2.24, 2.45) is 16.9 Å². The third-order valence-electron chi connectivity index (χ3n) is 14.3. The molecule has 0 aliphatic heterocycles. The maximum absolute atomic E-state index is 14.1. The van der Waals surface area contributed by atoms with E-state index in [1.165, 1.54) is 17.6 Å². The Morgan fingerprint density at radius 2 is 1.11 bits per heavy atom. The fourth-order valence-electron chi connectivity index (χ4n) is 9.58. The van der Waals surface area contributed by atoms with Crippen molar-refractivity contribution in [2.45, 2.75) is 134 Å². The molecule has 444 valence electrons. The van der Waals surface area contributed by atoms with Crippen LogP contribution in [0.5, 0.6) is 23.0 Å². The number of unbranched alkanes of at least 4 members (excludes halogenated alkanes) is 8. The average molecular weight is 1170 g/mol. The molecule has 0 saturated heterocycles. The van der Waals surface area contributed by atoms with Crippen molar-refractivity contribution >= 4 is 68.7 Å². The standard InChI is InChI=1S/C65H74N4O14S/c1-3-59(70)78-42-16-7-5-14-40-76-50-26-20-46(21-27-50)61(72)80-52-28-22-48(23-29-52)63(74)83-55-36-37-56(49(44-55)45-67-69(39-13-9-12-38-66)65-68-57-18-10-11-19-58(57)84-65)64(75)82-53-30-24-47(25-31-53)62(73)81-54-34-32-51(33-35-54)77-41-15-6-8-17-43-79-60(71)4-2/h3-4,10-11,18-21,26-27,32-37,44-45,47-48,52-53H,1-2,5-9,12-17,22-25,28-31,39-43H2/b67-45+. The highest BCUT2D eigenvalue weighted by atomic mass is 32.1. The first-order chi connectivity index (χ1) is 41.0. The zero-order chi connectivity index (χ0) is 59.3. The van der Waals surface area contributed by atoms with Crippen LogP contribution in [-0.4, -0.2) is 92.2 Å². The lowest BCUT2D eigenvalue weighted by molar-refractivity contribution is -0.141. The maximum Gasteiger partial charge on any atom is 0.339 e. The van der Waals surface area contributed by atoms with Crippen LogP contribution in [0.4, 0.5) is 5.13 Å². The second-order valence-corrected chi connectivity index (χ2v) is 21.6. The molecule has 5 aromatic rings. The Bertz CT molecular complexity index is 3010. The molecule has 19 heteroatoms. The highest BCUT2D eigenvalue weighted by molar-refractivity contribution is 7.22. The van der Waals surface area contributed by atoms with Gasteiger partial charge < -0.3 is 37.9 Å². The SMILES string of the molecule is C=CC(=O)OCCCCCCOc1ccc(OC(=O)C2CCC(OC(=O)c3ccc(OC(=O)C4CCC(OC(=O)c5ccc(OCCCCCCOC(=O)C=C)cc5)CC4)cc3/C=N/N(CCCCC#N)c3nc4ccccc4s3)CC2)cc1. The smallest absolute Gasteiger partial charge is 0.339 e. The molecule has 0 bridgehead atoms. The summed E-state index contributed by atoms with van der Waals surface area (Å²) in [6.07, 6.45) is 15.2. The summed E-state index contributed by atoms with van der Waals surface area (Å²) in [6.45, 7) is 8.99. The number of anilines is 1. The molecular formula is C65H74N4O14S. The average Bonchev–Trinajstić information content (AvgIpc) is 4.10. The maximum atomic E-state index is 14.1. The lowest BCUT2D eigenvalue weighted by atomic mass is 9.87. The zero-order valence-electron chi connectivity index (χ0n) is 47.5. The van der Waals surface area contributed by atoms with E-state index in [-0.39, 0.29) is 29.3 Å². The number of hydrazone groups is 1. The van der Waals surface area contributed by atoms with Crippen LogP contribution >= 0.6 is 11.3 Å². The fourth-order valence-corrected chi connectivity index (χ4v) is 10.5. The third-order valence-corrected chi connectivity index (χ3v) is 15.4. The largest absolute Gasteiger partial charge is 0.494 e.